The third-order valence-corrected chi connectivity index (χ3v) is 4.66. The normalized spacial score (nSPS) is 13.9. The Morgan fingerprint density at radius 2 is 1.71 bits per heavy atom. The molecule has 0 bridgehead atoms. The molecule has 2 rings (SSSR count). The molecule has 10 nitrogen and oxygen atoms in total. The first kappa shape index (κ1) is 23.9. The number of carboxylic acid groups (broad SMARTS) is 1. The topological polar surface area (TPSA) is 170 Å². The zero-order chi connectivity index (χ0) is 23.0. The standard InChI is InChI=1S/C21H29N5O5/c1-12(2)7-16(22)19(28)25-17(9-14-10-23-11-24-14)20(29)26-18(21(30)31)8-13-3-5-15(27)6-4-13/h3-6,10-12,16-18,27H,7-9,22H2,1-2H3,(H,23,24)(H,25,28)(H,26,29)(H,30,31)/t16-,17-,18-/m0/s1. The Bertz CT molecular complexity index is 867. The molecule has 0 unspecified atom stereocenters. The van der Waals surface area contributed by atoms with Gasteiger partial charge in [-0.15, -0.1) is 0 Å². The molecule has 10 heteroatoms. The number of phenols is 1. The van der Waals surface area contributed by atoms with Gasteiger partial charge in [-0.25, -0.2) is 9.78 Å². The highest BCUT2D eigenvalue weighted by Crippen LogP contribution is 2.12. The first-order valence-electron chi connectivity index (χ1n) is 10.00. The molecule has 31 heavy (non-hydrogen) atoms. The number of benzene rings is 1. The van der Waals surface area contributed by atoms with Gasteiger partial charge in [0, 0.05) is 24.7 Å². The van der Waals surface area contributed by atoms with E-state index in [1.165, 1.54) is 24.7 Å². The van der Waals surface area contributed by atoms with Gasteiger partial charge in [0.25, 0.3) is 0 Å². The highest BCUT2D eigenvalue weighted by Gasteiger charge is 2.29. The molecule has 0 saturated carbocycles. The van der Waals surface area contributed by atoms with Crippen LogP contribution in [0.5, 0.6) is 5.75 Å². The Labute approximate surface area is 180 Å². The average Bonchev–Trinajstić information content (AvgIpc) is 3.21. The number of imidazole rings is 1. The first-order valence-corrected chi connectivity index (χ1v) is 10.00. The van der Waals surface area contributed by atoms with E-state index < -0.39 is 35.9 Å². The Morgan fingerprint density at radius 1 is 1.06 bits per heavy atom. The number of aromatic hydroxyl groups is 1. The predicted molar refractivity (Wildman–Crippen MR) is 113 cm³/mol. The van der Waals surface area contributed by atoms with Crippen LogP contribution in [0.2, 0.25) is 0 Å². The van der Waals surface area contributed by atoms with Gasteiger partial charge in [0.05, 0.1) is 12.4 Å². The van der Waals surface area contributed by atoms with E-state index in [0.717, 1.165) is 0 Å². The molecule has 0 aliphatic heterocycles. The Balaban J connectivity index is 2.12. The molecule has 7 N–H and O–H groups in total. The number of nitrogens with one attached hydrogen (secondary N) is 3. The zero-order valence-electron chi connectivity index (χ0n) is 17.5. The summed E-state index contributed by atoms with van der Waals surface area (Å²) in [7, 11) is 0. The van der Waals surface area contributed by atoms with Gasteiger partial charge < -0.3 is 31.6 Å². The van der Waals surface area contributed by atoms with E-state index in [0.29, 0.717) is 17.7 Å². The fourth-order valence-corrected chi connectivity index (χ4v) is 3.06. The number of carboxylic acids is 1. The van der Waals surface area contributed by atoms with E-state index >= 15 is 0 Å². The molecule has 1 aromatic heterocycles. The van der Waals surface area contributed by atoms with Gasteiger partial charge in [-0.2, -0.15) is 0 Å². The van der Waals surface area contributed by atoms with Crippen LogP contribution in [0.4, 0.5) is 0 Å². The largest absolute Gasteiger partial charge is 0.508 e. The number of carbonyl (C=O) groups excluding carboxylic acids is 2. The number of H-pyrrole nitrogens is 1. The van der Waals surface area contributed by atoms with Crippen LogP contribution >= 0.6 is 0 Å². The van der Waals surface area contributed by atoms with Crippen LogP contribution in [0.25, 0.3) is 0 Å². The first-order chi connectivity index (χ1) is 14.7. The number of phenolic OH excluding ortho intramolecular Hbond substituents is 1. The lowest BCUT2D eigenvalue weighted by Crippen LogP contribution is -2.55. The van der Waals surface area contributed by atoms with Crippen molar-refractivity contribution in [1.82, 2.24) is 20.6 Å². The molecule has 0 aliphatic carbocycles. The lowest BCUT2D eigenvalue weighted by atomic mass is 10.0. The summed E-state index contributed by atoms with van der Waals surface area (Å²) in [6.07, 6.45) is 3.52. The van der Waals surface area contributed by atoms with Gasteiger partial charge in [0.15, 0.2) is 0 Å². The molecule has 2 aromatic rings. The predicted octanol–water partition coefficient (Wildman–Crippen LogP) is 0.328. The lowest BCUT2D eigenvalue weighted by Gasteiger charge is -2.23. The zero-order valence-corrected chi connectivity index (χ0v) is 17.5. The second-order valence-corrected chi connectivity index (χ2v) is 7.85. The molecule has 0 spiro atoms. The number of nitrogens with zero attached hydrogens (tertiary/aromatic N) is 1. The Kier molecular flexibility index (Phi) is 8.56. The van der Waals surface area contributed by atoms with Crippen LogP contribution in [0.3, 0.4) is 0 Å². The van der Waals surface area contributed by atoms with Crippen molar-refractivity contribution in [3.05, 3.63) is 48.0 Å². The molecule has 2 amide bonds. The maximum atomic E-state index is 12.9. The van der Waals surface area contributed by atoms with Crippen LogP contribution in [-0.4, -0.2) is 56.1 Å². The smallest absolute Gasteiger partial charge is 0.326 e. The minimum absolute atomic E-state index is 0.0128. The van der Waals surface area contributed by atoms with Crippen molar-refractivity contribution in [2.24, 2.45) is 11.7 Å². The summed E-state index contributed by atoms with van der Waals surface area (Å²) in [5.74, 6) is -2.10. The Hall–Kier alpha value is -3.40. The van der Waals surface area contributed by atoms with E-state index in [4.69, 9.17) is 5.73 Å². The minimum Gasteiger partial charge on any atom is -0.508 e. The van der Waals surface area contributed by atoms with Crippen LogP contribution < -0.4 is 16.4 Å². The fourth-order valence-electron chi connectivity index (χ4n) is 3.06. The summed E-state index contributed by atoms with van der Waals surface area (Å²) < 4.78 is 0. The second kappa shape index (κ2) is 11.1. The maximum absolute atomic E-state index is 12.9. The van der Waals surface area contributed by atoms with E-state index in [9.17, 15) is 24.6 Å². The van der Waals surface area contributed by atoms with Crippen LogP contribution in [0.1, 0.15) is 31.5 Å². The monoisotopic (exact) mass is 431 g/mol. The number of aromatic nitrogens is 2. The number of carbonyl (C=O) groups is 3. The second-order valence-electron chi connectivity index (χ2n) is 7.85. The molecule has 3 atom stereocenters. The summed E-state index contributed by atoms with van der Waals surface area (Å²) in [5.41, 5.74) is 7.15. The third kappa shape index (κ3) is 7.74. The van der Waals surface area contributed by atoms with Crippen molar-refractivity contribution in [3.8, 4) is 5.75 Å². The summed E-state index contributed by atoms with van der Waals surface area (Å²) in [6, 6.07) is 2.99. The molecule has 1 aromatic carbocycles. The maximum Gasteiger partial charge on any atom is 0.326 e. The van der Waals surface area contributed by atoms with Crippen molar-refractivity contribution in [3.63, 3.8) is 0 Å². The molecule has 1 heterocycles. The number of hydrogen-bond donors (Lipinski definition) is 6. The molecule has 168 valence electrons. The van der Waals surface area contributed by atoms with Crippen molar-refractivity contribution in [2.75, 3.05) is 0 Å². The highest BCUT2D eigenvalue weighted by molar-refractivity contribution is 5.92. The summed E-state index contributed by atoms with van der Waals surface area (Å²) >= 11 is 0. The number of hydrogen-bond acceptors (Lipinski definition) is 6. The minimum atomic E-state index is -1.22. The molecule has 0 aliphatic rings. The van der Waals surface area contributed by atoms with Gasteiger partial charge in [-0.05, 0) is 30.0 Å². The van der Waals surface area contributed by atoms with Gasteiger partial charge in [0.1, 0.15) is 17.8 Å². The average molecular weight is 431 g/mol. The number of nitrogens with two attached hydrogens (primary N) is 1. The van der Waals surface area contributed by atoms with Crippen LogP contribution in [0, 0.1) is 5.92 Å². The van der Waals surface area contributed by atoms with Crippen LogP contribution in [0.15, 0.2) is 36.8 Å². The van der Waals surface area contributed by atoms with Crippen molar-refractivity contribution < 1.29 is 24.6 Å². The number of amides is 2. The van der Waals surface area contributed by atoms with E-state index in [1.807, 2.05) is 13.8 Å². The van der Waals surface area contributed by atoms with Gasteiger partial charge in [0.2, 0.25) is 11.8 Å². The molecular formula is C21H29N5O5. The number of aromatic amines is 1. The quantitative estimate of drug-likeness (QED) is 0.298. The van der Waals surface area contributed by atoms with Crippen molar-refractivity contribution in [1.29, 1.82) is 0 Å². The van der Waals surface area contributed by atoms with E-state index in [-0.39, 0.29) is 24.5 Å². The van der Waals surface area contributed by atoms with Crippen molar-refractivity contribution in [2.45, 2.75) is 51.2 Å². The summed E-state index contributed by atoms with van der Waals surface area (Å²) in [5, 5.41) is 24.0. The van der Waals surface area contributed by atoms with Gasteiger partial charge in [-0.3, -0.25) is 9.59 Å². The molecule has 0 fully saturated rings. The Morgan fingerprint density at radius 3 is 2.26 bits per heavy atom. The third-order valence-electron chi connectivity index (χ3n) is 4.66. The highest BCUT2D eigenvalue weighted by atomic mass is 16.4. The van der Waals surface area contributed by atoms with E-state index in [2.05, 4.69) is 20.6 Å². The fraction of sp³-hybridized carbons (Fsp3) is 0.429. The van der Waals surface area contributed by atoms with Crippen LogP contribution in [-0.2, 0) is 27.2 Å². The van der Waals surface area contributed by atoms with E-state index in [1.54, 1.807) is 12.1 Å². The SMILES string of the molecule is CC(C)C[C@H](N)C(=O)N[C@@H](Cc1cnc[nH]1)C(=O)N[C@@H](Cc1ccc(O)cc1)C(=O)O. The summed E-state index contributed by atoms with van der Waals surface area (Å²) in [6.45, 7) is 3.87. The van der Waals surface area contributed by atoms with Crippen molar-refractivity contribution >= 4 is 17.8 Å². The molecule has 0 saturated heterocycles. The summed E-state index contributed by atoms with van der Waals surface area (Å²) in [4.78, 5) is 43.9. The number of rotatable bonds is 11. The molecule has 0 radical (unpaired) electrons. The lowest BCUT2D eigenvalue weighted by molar-refractivity contribution is -0.142. The number of aliphatic carboxylic acids is 1. The van der Waals surface area contributed by atoms with Gasteiger partial charge in [-0.1, -0.05) is 26.0 Å². The molecular weight excluding hydrogens is 402 g/mol. The van der Waals surface area contributed by atoms with Gasteiger partial charge >= 0.3 is 5.97 Å².